The first-order chi connectivity index (χ1) is 6.39. The Balaban J connectivity index is 2.95. The van der Waals surface area contributed by atoms with E-state index in [1.54, 1.807) is 13.8 Å². The van der Waals surface area contributed by atoms with Gasteiger partial charge in [0.25, 0.3) is 0 Å². The van der Waals surface area contributed by atoms with Crippen LogP contribution in [0.3, 0.4) is 0 Å². The predicted octanol–water partition coefficient (Wildman–Crippen LogP) is 1.54. The summed E-state index contributed by atoms with van der Waals surface area (Å²) in [6.07, 6.45) is 1.10. The summed E-state index contributed by atoms with van der Waals surface area (Å²) in [6.45, 7) is 3.26. The summed E-state index contributed by atoms with van der Waals surface area (Å²) < 4.78 is 22.0. The molecule has 5 heteroatoms. The first kappa shape index (κ1) is 12.3. The van der Waals surface area contributed by atoms with E-state index in [1.807, 2.05) is 0 Å². The van der Waals surface area contributed by atoms with Crippen LogP contribution in [-0.4, -0.2) is 29.6 Å². The third-order valence-corrected chi connectivity index (χ3v) is 6.41. The summed E-state index contributed by atoms with van der Waals surface area (Å²) >= 11 is 6.06. The summed E-state index contributed by atoms with van der Waals surface area (Å²) in [7, 11) is -3.40. The fraction of sp³-hybridized carbons (Fsp3) is 1.00. The second-order valence-electron chi connectivity index (χ2n) is 3.83. The van der Waals surface area contributed by atoms with Crippen molar-refractivity contribution in [1.29, 1.82) is 0 Å². The molecule has 0 spiro atoms. The number of rotatable bonds is 5. The first-order valence-electron chi connectivity index (χ1n) is 4.98. The molecule has 2 atom stereocenters. The monoisotopic (exact) mass is 240 g/mol. The lowest BCUT2D eigenvalue weighted by atomic mass is 10.1. The van der Waals surface area contributed by atoms with Crippen LogP contribution in [0, 0.1) is 5.92 Å². The van der Waals surface area contributed by atoms with Gasteiger partial charge in [0.2, 0.25) is 0 Å². The lowest BCUT2D eigenvalue weighted by molar-refractivity contribution is 0.130. The van der Waals surface area contributed by atoms with Crippen molar-refractivity contribution in [3.63, 3.8) is 0 Å². The van der Waals surface area contributed by atoms with Gasteiger partial charge in [0.05, 0.1) is 6.10 Å². The number of aliphatic hydroxyl groups is 1. The average Bonchev–Trinajstić information content (AvgIpc) is 2.98. The van der Waals surface area contributed by atoms with Crippen molar-refractivity contribution in [3.8, 4) is 0 Å². The van der Waals surface area contributed by atoms with Gasteiger partial charge in [-0.3, -0.25) is 0 Å². The van der Waals surface area contributed by atoms with Gasteiger partial charge in [-0.25, -0.2) is 8.42 Å². The Morgan fingerprint density at radius 3 is 2.29 bits per heavy atom. The van der Waals surface area contributed by atoms with Crippen molar-refractivity contribution >= 4 is 21.4 Å². The molecule has 14 heavy (non-hydrogen) atoms. The number of alkyl halides is 1. The van der Waals surface area contributed by atoms with Crippen molar-refractivity contribution in [2.75, 3.05) is 5.75 Å². The number of hydrogen-bond acceptors (Lipinski definition) is 3. The molecule has 1 N–H and O–H groups in total. The minimum absolute atomic E-state index is 0.0197. The zero-order valence-corrected chi connectivity index (χ0v) is 10.1. The molecule has 0 unspecified atom stereocenters. The molecule has 3 nitrogen and oxygen atoms in total. The molecule has 0 amide bonds. The van der Waals surface area contributed by atoms with Gasteiger partial charge in [-0.2, -0.15) is 0 Å². The van der Waals surface area contributed by atoms with Gasteiger partial charge in [-0.05, 0) is 25.2 Å². The molecule has 0 bridgehead atoms. The number of hydrogen-bond donors (Lipinski definition) is 1. The lowest BCUT2D eigenvalue weighted by Crippen LogP contribution is -2.45. The number of halogens is 1. The third kappa shape index (κ3) is 1.92. The van der Waals surface area contributed by atoms with Crippen LogP contribution < -0.4 is 0 Å². The Morgan fingerprint density at radius 2 is 2.00 bits per heavy atom. The largest absolute Gasteiger partial charge is 0.390 e. The highest BCUT2D eigenvalue weighted by Gasteiger charge is 2.51. The molecule has 0 aromatic carbocycles. The summed E-state index contributed by atoms with van der Waals surface area (Å²) in [5.41, 5.74) is 0. The topological polar surface area (TPSA) is 54.4 Å². The maximum Gasteiger partial charge on any atom is 0.172 e. The van der Waals surface area contributed by atoms with Gasteiger partial charge in [-0.1, -0.05) is 25.4 Å². The van der Waals surface area contributed by atoms with E-state index in [2.05, 4.69) is 0 Å². The molecule has 1 aliphatic carbocycles. The molecular weight excluding hydrogens is 224 g/mol. The molecule has 1 fully saturated rings. The quantitative estimate of drug-likeness (QED) is 0.742. The molecule has 0 aromatic rings. The van der Waals surface area contributed by atoms with Gasteiger partial charge in [0.15, 0.2) is 14.0 Å². The Kier molecular flexibility index (Phi) is 3.49. The molecule has 0 heterocycles. The molecule has 1 saturated carbocycles. The van der Waals surface area contributed by atoms with Crippen LogP contribution in [0.15, 0.2) is 0 Å². The van der Waals surface area contributed by atoms with Gasteiger partial charge < -0.3 is 5.11 Å². The number of aliphatic hydroxyl groups excluding tert-OH is 1. The Hall–Kier alpha value is 0.200. The van der Waals surface area contributed by atoms with Gasteiger partial charge in [-0.15, -0.1) is 0 Å². The van der Waals surface area contributed by atoms with E-state index in [0.717, 1.165) is 12.8 Å². The molecular formula is C9H17ClO3S. The van der Waals surface area contributed by atoms with E-state index < -0.39 is 20.1 Å². The summed E-state index contributed by atoms with van der Waals surface area (Å²) in [4.78, 5) is 0. The van der Waals surface area contributed by atoms with E-state index in [9.17, 15) is 13.5 Å². The maximum atomic E-state index is 11.7. The van der Waals surface area contributed by atoms with Crippen LogP contribution in [0.2, 0.25) is 0 Å². The summed E-state index contributed by atoms with van der Waals surface area (Å²) in [6, 6.07) is 0. The smallest absolute Gasteiger partial charge is 0.172 e. The van der Waals surface area contributed by atoms with E-state index in [-0.39, 0.29) is 18.1 Å². The third-order valence-electron chi connectivity index (χ3n) is 2.89. The summed E-state index contributed by atoms with van der Waals surface area (Å²) in [5.74, 6) is 0.0578. The van der Waals surface area contributed by atoms with Gasteiger partial charge >= 0.3 is 0 Å². The highest BCUT2D eigenvalue weighted by Crippen LogP contribution is 2.44. The van der Waals surface area contributed by atoms with Crippen LogP contribution in [0.25, 0.3) is 0 Å². The van der Waals surface area contributed by atoms with E-state index in [0.29, 0.717) is 0 Å². The Bertz CT molecular complexity index is 297. The zero-order valence-electron chi connectivity index (χ0n) is 8.53. The van der Waals surface area contributed by atoms with Crippen LogP contribution in [0.1, 0.15) is 33.1 Å². The molecule has 84 valence electrons. The van der Waals surface area contributed by atoms with E-state index in [1.165, 1.54) is 0 Å². The molecule has 1 aliphatic rings. The average molecular weight is 241 g/mol. The molecule has 0 aromatic heterocycles. The minimum atomic E-state index is -3.40. The van der Waals surface area contributed by atoms with Crippen LogP contribution in [0.5, 0.6) is 0 Å². The lowest BCUT2D eigenvalue weighted by Gasteiger charge is -2.30. The van der Waals surface area contributed by atoms with Crippen molar-refractivity contribution in [2.24, 2.45) is 5.92 Å². The summed E-state index contributed by atoms with van der Waals surface area (Å²) in [5, 5.41) is 9.86. The molecule has 0 aliphatic heterocycles. The highest BCUT2D eigenvalue weighted by molar-refractivity contribution is 7.94. The minimum Gasteiger partial charge on any atom is -0.390 e. The fourth-order valence-corrected chi connectivity index (χ4v) is 3.60. The molecule has 0 radical (unpaired) electrons. The highest BCUT2D eigenvalue weighted by atomic mass is 35.5. The fourth-order valence-electron chi connectivity index (χ4n) is 1.62. The zero-order chi connectivity index (χ0) is 11.0. The second kappa shape index (κ2) is 3.99. The maximum absolute atomic E-state index is 11.7. The standard InChI is InChI=1S/C9H17ClO3S/c1-3-9(10,14(12,13)4-2)8(11)7-5-6-7/h7-8,11H,3-6H2,1-2H3/t8-,9+/m1/s1. The van der Waals surface area contributed by atoms with Crippen molar-refractivity contribution in [2.45, 2.75) is 43.4 Å². The van der Waals surface area contributed by atoms with Crippen LogP contribution in [-0.2, 0) is 9.84 Å². The SMILES string of the molecule is CC[C@@](Cl)([C@H](O)C1CC1)S(=O)(=O)CC. The van der Waals surface area contributed by atoms with Crippen LogP contribution in [0.4, 0.5) is 0 Å². The molecule has 1 rings (SSSR count). The van der Waals surface area contributed by atoms with Crippen molar-refractivity contribution in [3.05, 3.63) is 0 Å². The second-order valence-corrected chi connectivity index (χ2v) is 7.26. The normalized spacial score (nSPS) is 24.3. The van der Waals surface area contributed by atoms with Crippen LogP contribution >= 0.6 is 11.6 Å². The Morgan fingerprint density at radius 1 is 1.50 bits per heavy atom. The van der Waals surface area contributed by atoms with Gasteiger partial charge in [0, 0.05) is 5.75 Å². The first-order valence-corrected chi connectivity index (χ1v) is 7.01. The van der Waals surface area contributed by atoms with Crippen molar-refractivity contribution in [1.82, 2.24) is 0 Å². The van der Waals surface area contributed by atoms with E-state index in [4.69, 9.17) is 11.6 Å². The molecule has 0 saturated heterocycles. The number of sulfone groups is 1. The van der Waals surface area contributed by atoms with E-state index >= 15 is 0 Å². The van der Waals surface area contributed by atoms with Gasteiger partial charge in [0.1, 0.15) is 0 Å². The Labute approximate surface area is 90.4 Å². The predicted molar refractivity (Wildman–Crippen MR) is 57.1 cm³/mol. The van der Waals surface area contributed by atoms with Crippen molar-refractivity contribution < 1.29 is 13.5 Å².